The molecule has 1 aromatic carbocycles. The van der Waals surface area contributed by atoms with Gasteiger partial charge in [0.25, 0.3) is 5.91 Å². The first-order chi connectivity index (χ1) is 11.0. The Balaban J connectivity index is 1.76. The van der Waals surface area contributed by atoms with Gasteiger partial charge in [0, 0.05) is 26.1 Å². The number of carboxylic acids is 1. The summed E-state index contributed by atoms with van der Waals surface area (Å²) in [6.07, 6.45) is -0.960. The molecule has 2 aliphatic rings. The Kier molecular flexibility index (Phi) is 4.12. The van der Waals surface area contributed by atoms with Crippen LogP contribution in [0.1, 0.15) is 19.8 Å². The molecule has 2 N–H and O–H groups in total. The van der Waals surface area contributed by atoms with Crippen molar-refractivity contribution in [2.24, 2.45) is 0 Å². The van der Waals surface area contributed by atoms with Gasteiger partial charge in [0.2, 0.25) is 6.10 Å². The molecule has 124 valence electrons. The summed E-state index contributed by atoms with van der Waals surface area (Å²) in [6.45, 7) is 2.32. The van der Waals surface area contributed by atoms with Crippen LogP contribution in [0.4, 0.5) is 0 Å². The highest BCUT2D eigenvalue weighted by Gasteiger charge is 2.45. The average Bonchev–Trinajstić information content (AvgIpc) is 2.54. The first kappa shape index (κ1) is 15.6. The number of hydrogen-bond acceptors (Lipinski definition) is 5. The van der Waals surface area contributed by atoms with Gasteiger partial charge in [0.1, 0.15) is 11.6 Å². The highest BCUT2D eigenvalue weighted by atomic mass is 16.6. The lowest BCUT2D eigenvalue weighted by Crippen LogP contribution is -2.62. The van der Waals surface area contributed by atoms with Gasteiger partial charge < -0.3 is 24.6 Å². The number of carbonyl (C=O) groups is 2. The topological polar surface area (TPSA) is 94.1 Å². The molecule has 7 heteroatoms. The van der Waals surface area contributed by atoms with Crippen molar-refractivity contribution in [2.45, 2.75) is 37.5 Å². The Morgan fingerprint density at radius 2 is 1.78 bits per heavy atom. The van der Waals surface area contributed by atoms with Crippen LogP contribution in [0.15, 0.2) is 24.3 Å². The number of fused-ring (bicyclic) bond motifs is 1. The number of ether oxygens (including phenoxy) is 3. The summed E-state index contributed by atoms with van der Waals surface area (Å²) in [5, 5.41) is 12.2. The van der Waals surface area contributed by atoms with E-state index in [0.29, 0.717) is 24.7 Å². The first-order valence-corrected chi connectivity index (χ1v) is 7.57. The molecule has 1 fully saturated rings. The van der Waals surface area contributed by atoms with E-state index in [0.717, 1.165) is 0 Å². The smallest absolute Gasteiger partial charge is 0.329 e. The molecule has 1 aromatic rings. The SMILES string of the molecule is CC1Oc2ccccc2OC1C(=O)NC1(C(=O)O)CCOCC1. The van der Waals surface area contributed by atoms with Gasteiger partial charge in [-0.1, -0.05) is 12.1 Å². The number of amides is 1. The Hall–Kier alpha value is -2.28. The second kappa shape index (κ2) is 6.08. The predicted molar refractivity (Wildman–Crippen MR) is 79.5 cm³/mol. The highest BCUT2D eigenvalue weighted by molar-refractivity contribution is 5.90. The van der Waals surface area contributed by atoms with Gasteiger partial charge >= 0.3 is 5.97 Å². The Morgan fingerprint density at radius 1 is 1.17 bits per heavy atom. The molecule has 0 aromatic heterocycles. The van der Waals surface area contributed by atoms with Gasteiger partial charge in [-0.25, -0.2) is 4.79 Å². The van der Waals surface area contributed by atoms with E-state index in [4.69, 9.17) is 14.2 Å². The van der Waals surface area contributed by atoms with Crippen molar-refractivity contribution in [1.29, 1.82) is 0 Å². The molecule has 2 heterocycles. The van der Waals surface area contributed by atoms with Crippen LogP contribution >= 0.6 is 0 Å². The largest absolute Gasteiger partial charge is 0.482 e. The molecule has 7 nitrogen and oxygen atoms in total. The number of aliphatic carboxylic acids is 1. The predicted octanol–water partition coefficient (Wildman–Crippen LogP) is 0.965. The fourth-order valence-electron chi connectivity index (χ4n) is 2.83. The van der Waals surface area contributed by atoms with Crippen molar-refractivity contribution in [3.8, 4) is 11.5 Å². The summed E-state index contributed by atoms with van der Waals surface area (Å²) in [4.78, 5) is 24.2. The molecule has 2 unspecified atom stereocenters. The Labute approximate surface area is 133 Å². The third-order valence-electron chi connectivity index (χ3n) is 4.22. The molecule has 0 bridgehead atoms. The average molecular weight is 321 g/mol. The molecule has 0 saturated carbocycles. The lowest BCUT2D eigenvalue weighted by atomic mass is 9.89. The van der Waals surface area contributed by atoms with Crippen LogP contribution in [0, 0.1) is 0 Å². The quantitative estimate of drug-likeness (QED) is 0.861. The van der Waals surface area contributed by atoms with Gasteiger partial charge in [-0.15, -0.1) is 0 Å². The fraction of sp³-hybridized carbons (Fsp3) is 0.500. The van der Waals surface area contributed by atoms with Crippen molar-refractivity contribution in [2.75, 3.05) is 13.2 Å². The van der Waals surface area contributed by atoms with Crippen molar-refractivity contribution in [3.63, 3.8) is 0 Å². The van der Waals surface area contributed by atoms with Crippen molar-refractivity contribution < 1.29 is 28.9 Å². The summed E-state index contributed by atoms with van der Waals surface area (Å²) >= 11 is 0. The Morgan fingerprint density at radius 3 is 2.39 bits per heavy atom. The van der Waals surface area contributed by atoms with E-state index in [1.165, 1.54) is 0 Å². The molecular formula is C16H19NO6. The number of para-hydroxylation sites is 2. The molecule has 3 rings (SSSR count). The monoisotopic (exact) mass is 321 g/mol. The Bertz CT molecular complexity index is 610. The summed E-state index contributed by atoms with van der Waals surface area (Å²) in [5.41, 5.74) is -1.31. The van der Waals surface area contributed by atoms with Crippen molar-refractivity contribution >= 4 is 11.9 Å². The van der Waals surface area contributed by atoms with Gasteiger partial charge in [-0.2, -0.15) is 0 Å². The van der Waals surface area contributed by atoms with Crippen LogP contribution in [0.25, 0.3) is 0 Å². The van der Waals surface area contributed by atoms with E-state index >= 15 is 0 Å². The minimum Gasteiger partial charge on any atom is -0.482 e. The van der Waals surface area contributed by atoms with E-state index < -0.39 is 29.6 Å². The van der Waals surface area contributed by atoms with Gasteiger partial charge in [-0.05, 0) is 19.1 Å². The third kappa shape index (κ3) is 2.96. The van der Waals surface area contributed by atoms with Crippen molar-refractivity contribution in [3.05, 3.63) is 24.3 Å². The number of hydrogen-bond donors (Lipinski definition) is 2. The van der Waals surface area contributed by atoms with E-state index in [2.05, 4.69) is 5.32 Å². The second-order valence-electron chi connectivity index (χ2n) is 5.80. The maximum absolute atomic E-state index is 12.6. The van der Waals surface area contributed by atoms with E-state index in [-0.39, 0.29) is 12.8 Å². The normalized spacial score (nSPS) is 25.4. The molecule has 0 radical (unpaired) electrons. The number of nitrogens with one attached hydrogen (secondary N) is 1. The maximum Gasteiger partial charge on any atom is 0.329 e. The summed E-state index contributed by atoms with van der Waals surface area (Å²) in [6, 6.07) is 7.07. The number of carboxylic acid groups (broad SMARTS) is 1. The zero-order valence-corrected chi connectivity index (χ0v) is 12.8. The van der Waals surface area contributed by atoms with E-state index in [1.807, 2.05) is 6.07 Å². The molecule has 1 amide bonds. The molecule has 2 atom stereocenters. The summed E-state index contributed by atoms with van der Waals surface area (Å²) in [7, 11) is 0. The number of carbonyl (C=O) groups excluding carboxylic acids is 1. The minimum absolute atomic E-state index is 0.229. The van der Waals surface area contributed by atoms with Crippen LogP contribution in [0.3, 0.4) is 0 Å². The summed E-state index contributed by atoms with van der Waals surface area (Å²) < 4.78 is 16.6. The number of benzene rings is 1. The van der Waals surface area contributed by atoms with Crippen LogP contribution < -0.4 is 14.8 Å². The zero-order chi connectivity index (χ0) is 16.4. The van der Waals surface area contributed by atoms with Crippen LogP contribution in [0.5, 0.6) is 11.5 Å². The second-order valence-corrected chi connectivity index (χ2v) is 5.80. The standard InChI is InChI=1S/C16H19NO6/c1-10-13(23-12-5-3-2-4-11(12)22-10)14(18)17-16(15(19)20)6-8-21-9-7-16/h2-5,10,13H,6-9H2,1H3,(H,17,18)(H,19,20). The molecule has 1 saturated heterocycles. The maximum atomic E-state index is 12.6. The van der Waals surface area contributed by atoms with E-state index in [9.17, 15) is 14.7 Å². The third-order valence-corrected chi connectivity index (χ3v) is 4.22. The lowest BCUT2D eigenvalue weighted by Gasteiger charge is -2.37. The molecular weight excluding hydrogens is 302 g/mol. The van der Waals surface area contributed by atoms with Crippen LogP contribution in [0.2, 0.25) is 0 Å². The zero-order valence-electron chi connectivity index (χ0n) is 12.8. The molecule has 2 aliphatic heterocycles. The highest BCUT2D eigenvalue weighted by Crippen LogP contribution is 2.33. The number of rotatable bonds is 3. The molecule has 23 heavy (non-hydrogen) atoms. The fourth-order valence-corrected chi connectivity index (χ4v) is 2.83. The van der Waals surface area contributed by atoms with Crippen molar-refractivity contribution in [1.82, 2.24) is 5.32 Å². The van der Waals surface area contributed by atoms with Gasteiger partial charge in [-0.3, -0.25) is 4.79 Å². The molecule has 0 aliphatic carbocycles. The van der Waals surface area contributed by atoms with Gasteiger partial charge in [0.05, 0.1) is 0 Å². The lowest BCUT2D eigenvalue weighted by molar-refractivity contribution is -0.154. The van der Waals surface area contributed by atoms with Gasteiger partial charge in [0.15, 0.2) is 11.5 Å². The van der Waals surface area contributed by atoms with Crippen LogP contribution in [-0.2, 0) is 14.3 Å². The first-order valence-electron chi connectivity index (χ1n) is 7.57. The van der Waals surface area contributed by atoms with Crippen LogP contribution in [-0.4, -0.2) is 47.9 Å². The van der Waals surface area contributed by atoms with E-state index in [1.54, 1.807) is 25.1 Å². The molecule has 0 spiro atoms. The minimum atomic E-state index is -1.31. The summed E-state index contributed by atoms with van der Waals surface area (Å²) in [5.74, 6) is -0.500.